The maximum absolute atomic E-state index is 5.73. The molecule has 1 atom stereocenters. The molecule has 0 bridgehead atoms. The Balaban J connectivity index is 1.42. The van der Waals surface area contributed by atoms with E-state index < -0.39 is 0 Å². The largest absolute Gasteiger partial charge is 0.491 e. The third kappa shape index (κ3) is 2.99. The Hall–Kier alpha value is -1.85. The number of benzene rings is 1. The first kappa shape index (κ1) is 14.7. The van der Waals surface area contributed by atoms with Crippen molar-refractivity contribution in [2.24, 2.45) is 0 Å². The molecule has 2 aliphatic rings. The number of ether oxygens (including phenoxy) is 2. The third-order valence-electron chi connectivity index (χ3n) is 4.82. The molecule has 0 saturated carbocycles. The lowest BCUT2D eigenvalue weighted by molar-refractivity contribution is 0.0661. The summed E-state index contributed by atoms with van der Waals surface area (Å²) < 4.78 is 13.3. The minimum Gasteiger partial charge on any atom is -0.491 e. The first-order valence-electron chi connectivity index (χ1n) is 8.39. The molecule has 5 heteroatoms. The monoisotopic (exact) mass is 313 g/mol. The van der Waals surface area contributed by atoms with Gasteiger partial charge in [-0.1, -0.05) is 18.2 Å². The lowest BCUT2D eigenvalue weighted by Crippen LogP contribution is -2.22. The van der Waals surface area contributed by atoms with Crippen molar-refractivity contribution in [3.05, 3.63) is 47.3 Å². The SMILES string of the molecule is Cc1nn(C2CCOCC2)cc1CNC1COc2ccccc21. The van der Waals surface area contributed by atoms with E-state index in [0.717, 1.165) is 44.0 Å². The van der Waals surface area contributed by atoms with Crippen LogP contribution in [0.5, 0.6) is 5.75 Å². The van der Waals surface area contributed by atoms with Gasteiger partial charge in [-0.05, 0) is 25.8 Å². The number of fused-ring (bicyclic) bond motifs is 1. The van der Waals surface area contributed by atoms with E-state index in [-0.39, 0.29) is 6.04 Å². The van der Waals surface area contributed by atoms with Crippen LogP contribution in [0.25, 0.3) is 0 Å². The summed E-state index contributed by atoms with van der Waals surface area (Å²) >= 11 is 0. The number of aromatic nitrogens is 2. The van der Waals surface area contributed by atoms with E-state index in [1.54, 1.807) is 0 Å². The fourth-order valence-corrected chi connectivity index (χ4v) is 3.39. The molecule has 1 unspecified atom stereocenters. The summed E-state index contributed by atoms with van der Waals surface area (Å²) in [5, 5.41) is 8.32. The van der Waals surface area contributed by atoms with Crippen LogP contribution in [0.4, 0.5) is 0 Å². The average molecular weight is 313 g/mol. The van der Waals surface area contributed by atoms with Gasteiger partial charge in [0.15, 0.2) is 0 Å². The molecule has 0 aliphatic carbocycles. The molecule has 23 heavy (non-hydrogen) atoms. The van der Waals surface area contributed by atoms with Gasteiger partial charge in [0.1, 0.15) is 12.4 Å². The molecule has 5 nitrogen and oxygen atoms in total. The van der Waals surface area contributed by atoms with Gasteiger partial charge in [-0.15, -0.1) is 0 Å². The molecule has 0 amide bonds. The van der Waals surface area contributed by atoms with Gasteiger partial charge >= 0.3 is 0 Å². The van der Waals surface area contributed by atoms with Crippen LogP contribution in [-0.2, 0) is 11.3 Å². The van der Waals surface area contributed by atoms with Crippen molar-refractivity contribution in [2.45, 2.75) is 38.4 Å². The van der Waals surface area contributed by atoms with E-state index in [1.165, 1.54) is 11.1 Å². The van der Waals surface area contributed by atoms with Crippen LogP contribution in [-0.4, -0.2) is 29.6 Å². The molecule has 1 N–H and O–H groups in total. The Morgan fingerprint density at radius 1 is 1.26 bits per heavy atom. The van der Waals surface area contributed by atoms with Crippen LogP contribution >= 0.6 is 0 Å². The summed E-state index contributed by atoms with van der Waals surface area (Å²) in [7, 11) is 0. The van der Waals surface area contributed by atoms with Crippen LogP contribution in [0.15, 0.2) is 30.5 Å². The van der Waals surface area contributed by atoms with Crippen LogP contribution in [0, 0.1) is 6.92 Å². The average Bonchev–Trinajstić information content (AvgIpc) is 3.17. The summed E-state index contributed by atoms with van der Waals surface area (Å²) in [4.78, 5) is 0. The van der Waals surface area contributed by atoms with E-state index in [2.05, 4.69) is 35.3 Å². The van der Waals surface area contributed by atoms with Crippen molar-refractivity contribution < 1.29 is 9.47 Å². The van der Waals surface area contributed by atoms with Crippen LogP contribution in [0.2, 0.25) is 0 Å². The quantitative estimate of drug-likeness (QED) is 0.943. The van der Waals surface area contributed by atoms with Crippen LogP contribution in [0.3, 0.4) is 0 Å². The Morgan fingerprint density at radius 3 is 2.96 bits per heavy atom. The zero-order valence-electron chi connectivity index (χ0n) is 13.5. The predicted molar refractivity (Wildman–Crippen MR) is 87.6 cm³/mol. The number of nitrogens with one attached hydrogen (secondary N) is 1. The zero-order valence-corrected chi connectivity index (χ0v) is 13.5. The topological polar surface area (TPSA) is 48.3 Å². The highest BCUT2D eigenvalue weighted by Gasteiger charge is 2.24. The van der Waals surface area contributed by atoms with Gasteiger partial charge in [0.05, 0.1) is 17.8 Å². The molecule has 1 fully saturated rings. The minimum absolute atomic E-state index is 0.261. The molecule has 122 valence electrons. The molecule has 0 spiro atoms. The van der Waals surface area contributed by atoms with Crippen molar-refractivity contribution in [1.82, 2.24) is 15.1 Å². The number of hydrogen-bond donors (Lipinski definition) is 1. The van der Waals surface area contributed by atoms with Crippen molar-refractivity contribution in [3.8, 4) is 5.75 Å². The molecular formula is C18H23N3O2. The van der Waals surface area contributed by atoms with Crippen molar-refractivity contribution in [3.63, 3.8) is 0 Å². The van der Waals surface area contributed by atoms with Crippen molar-refractivity contribution in [1.29, 1.82) is 0 Å². The van der Waals surface area contributed by atoms with E-state index in [0.29, 0.717) is 12.6 Å². The summed E-state index contributed by atoms with van der Waals surface area (Å²) in [5.41, 5.74) is 3.62. The summed E-state index contributed by atoms with van der Waals surface area (Å²) in [5.74, 6) is 1.000. The van der Waals surface area contributed by atoms with Crippen molar-refractivity contribution in [2.75, 3.05) is 19.8 Å². The highest BCUT2D eigenvalue weighted by molar-refractivity contribution is 5.39. The molecule has 3 heterocycles. The van der Waals surface area contributed by atoms with E-state index >= 15 is 0 Å². The molecule has 1 saturated heterocycles. The number of para-hydroxylation sites is 1. The van der Waals surface area contributed by atoms with Gasteiger partial charge in [-0.3, -0.25) is 4.68 Å². The number of hydrogen-bond acceptors (Lipinski definition) is 4. The summed E-state index contributed by atoms with van der Waals surface area (Å²) in [6.07, 6.45) is 4.30. The van der Waals surface area contributed by atoms with Gasteiger partial charge in [-0.2, -0.15) is 5.10 Å². The molecular weight excluding hydrogens is 290 g/mol. The molecule has 2 aromatic rings. The second-order valence-electron chi connectivity index (χ2n) is 6.35. The van der Waals surface area contributed by atoms with E-state index in [9.17, 15) is 0 Å². The Kier molecular flexibility index (Phi) is 4.06. The second-order valence-corrected chi connectivity index (χ2v) is 6.35. The summed E-state index contributed by atoms with van der Waals surface area (Å²) in [6.45, 7) is 5.29. The van der Waals surface area contributed by atoms with Gasteiger partial charge < -0.3 is 14.8 Å². The predicted octanol–water partition coefficient (Wildman–Crippen LogP) is 2.77. The summed E-state index contributed by atoms with van der Waals surface area (Å²) in [6, 6.07) is 8.99. The lowest BCUT2D eigenvalue weighted by atomic mass is 10.1. The van der Waals surface area contributed by atoms with Gasteiger partial charge in [0.2, 0.25) is 0 Å². The standard InChI is InChI=1S/C18H23N3O2/c1-13-14(11-21(20-13)15-6-8-22-9-7-15)10-19-17-12-23-18-5-3-2-4-16(17)18/h2-5,11,15,17,19H,6-10,12H2,1H3. The van der Waals surface area contributed by atoms with Crippen LogP contribution < -0.4 is 10.1 Å². The van der Waals surface area contributed by atoms with Gasteiger partial charge in [0.25, 0.3) is 0 Å². The first-order valence-corrected chi connectivity index (χ1v) is 8.39. The fraction of sp³-hybridized carbons (Fsp3) is 0.500. The highest BCUT2D eigenvalue weighted by atomic mass is 16.5. The van der Waals surface area contributed by atoms with E-state index in [4.69, 9.17) is 14.6 Å². The number of nitrogens with zero attached hydrogens (tertiary/aromatic N) is 2. The third-order valence-corrected chi connectivity index (χ3v) is 4.82. The Morgan fingerprint density at radius 2 is 2.09 bits per heavy atom. The van der Waals surface area contributed by atoms with Gasteiger partial charge in [-0.25, -0.2) is 0 Å². The first-order chi connectivity index (χ1) is 11.3. The highest BCUT2D eigenvalue weighted by Crippen LogP contribution is 2.32. The fourth-order valence-electron chi connectivity index (χ4n) is 3.39. The maximum Gasteiger partial charge on any atom is 0.124 e. The smallest absolute Gasteiger partial charge is 0.124 e. The number of rotatable bonds is 4. The van der Waals surface area contributed by atoms with Gasteiger partial charge in [0, 0.05) is 37.1 Å². The van der Waals surface area contributed by atoms with E-state index in [1.807, 2.05) is 12.1 Å². The Bertz CT molecular complexity index is 677. The number of aryl methyl sites for hydroxylation is 1. The van der Waals surface area contributed by atoms with Crippen molar-refractivity contribution >= 4 is 0 Å². The minimum atomic E-state index is 0.261. The lowest BCUT2D eigenvalue weighted by Gasteiger charge is -2.22. The molecule has 2 aliphatic heterocycles. The maximum atomic E-state index is 5.73. The zero-order chi connectivity index (χ0) is 15.6. The molecule has 1 aromatic heterocycles. The molecule has 0 radical (unpaired) electrons. The normalized spacial score (nSPS) is 21.2. The Labute approximate surface area is 136 Å². The molecule has 1 aromatic carbocycles. The second kappa shape index (κ2) is 6.34. The molecule has 4 rings (SSSR count). The van der Waals surface area contributed by atoms with Crippen LogP contribution in [0.1, 0.15) is 41.7 Å².